The Balaban J connectivity index is 0.00000133. The molecule has 2 aliphatic heterocycles. The molecule has 0 aliphatic carbocycles. The lowest BCUT2D eigenvalue weighted by molar-refractivity contribution is 0.0924. The van der Waals surface area contributed by atoms with Crippen LogP contribution >= 0.6 is 24.0 Å². The number of fused-ring (bicyclic) bond motifs is 3. The maximum absolute atomic E-state index is 12.1. The molecular formula is C14H18Cl2N2O. The van der Waals surface area contributed by atoms with E-state index < -0.39 is 0 Å². The third-order valence-electron chi connectivity index (χ3n) is 3.88. The van der Waals surface area contributed by atoms with Gasteiger partial charge in [-0.2, -0.15) is 0 Å². The van der Waals surface area contributed by atoms with Gasteiger partial charge in [-0.05, 0) is 23.6 Å². The molecule has 0 spiro atoms. The van der Waals surface area contributed by atoms with E-state index in [2.05, 4.69) is 23.6 Å². The van der Waals surface area contributed by atoms with Gasteiger partial charge in [0.25, 0.3) is 5.91 Å². The molecule has 0 aromatic heterocycles. The van der Waals surface area contributed by atoms with Crippen LogP contribution in [0.15, 0.2) is 12.1 Å². The maximum Gasteiger partial charge on any atom is 0.253 e. The Morgan fingerprint density at radius 2 is 2.16 bits per heavy atom. The fourth-order valence-electron chi connectivity index (χ4n) is 3.05. The van der Waals surface area contributed by atoms with Crippen molar-refractivity contribution in [3.05, 3.63) is 33.8 Å². The van der Waals surface area contributed by atoms with Crippen molar-refractivity contribution in [3.63, 3.8) is 0 Å². The molecule has 2 atom stereocenters. The number of benzene rings is 1. The Morgan fingerprint density at radius 3 is 2.89 bits per heavy atom. The quantitative estimate of drug-likeness (QED) is 0.881. The summed E-state index contributed by atoms with van der Waals surface area (Å²) in [6.45, 7) is 3.93. The van der Waals surface area contributed by atoms with Crippen LogP contribution in [-0.2, 0) is 6.42 Å². The lowest BCUT2D eigenvalue weighted by atomic mass is 9.85. The number of hydrogen-bond donors (Lipinski definition) is 2. The summed E-state index contributed by atoms with van der Waals surface area (Å²) in [5.74, 6) is 0.343. The summed E-state index contributed by atoms with van der Waals surface area (Å²) >= 11 is 6.29. The number of nitrogens with one attached hydrogen (secondary N) is 2. The van der Waals surface area contributed by atoms with E-state index in [1.165, 1.54) is 5.56 Å². The van der Waals surface area contributed by atoms with Crippen LogP contribution in [0.4, 0.5) is 0 Å². The molecular weight excluding hydrogens is 283 g/mol. The predicted octanol–water partition coefficient (Wildman–Crippen LogP) is 2.51. The van der Waals surface area contributed by atoms with E-state index >= 15 is 0 Å². The van der Waals surface area contributed by atoms with Gasteiger partial charge in [-0.15, -0.1) is 12.4 Å². The molecule has 1 aromatic carbocycles. The Kier molecular flexibility index (Phi) is 4.39. The van der Waals surface area contributed by atoms with Crippen molar-refractivity contribution in [2.24, 2.45) is 0 Å². The van der Waals surface area contributed by atoms with Crippen LogP contribution in [0.5, 0.6) is 0 Å². The largest absolute Gasteiger partial charge is 0.347 e. The van der Waals surface area contributed by atoms with E-state index in [0.717, 1.165) is 31.5 Å². The molecule has 0 saturated carbocycles. The van der Waals surface area contributed by atoms with Gasteiger partial charge in [0.15, 0.2) is 0 Å². The fourth-order valence-corrected chi connectivity index (χ4v) is 3.38. The lowest BCUT2D eigenvalue weighted by Crippen LogP contribution is -2.44. The zero-order chi connectivity index (χ0) is 12.7. The van der Waals surface area contributed by atoms with Gasteiger partial charge >= 0.3 is 0 Å². The molecule has 2 aliphatic rings. The number of amides is 1. The van der Waals surface area contributed by atoms with Crippen molar-refractivity contribution in [2.75, 3.05) is 13.1 Å². The SMILES string of the molecule is CCCc1cc(Cl)c2c(c1)[C@H]1CNC[C@@H]1NC2=O.Cl. The van der Waals surface area contributed by atoms with Crippen molar-refractivity contribution in [1.29, 1.82) is 0 Å². The molecule has 3 rings (SSSR count). The highest BCUT2D eigenvalue weighted by Crippen LogP contribution is 2.35. The van der Waals surface area contributed by atoms with Crippen molar-refractivity contribution in [2.45, 2.75) is 31.7 Å². The summed E-state index contributed by atoms with van der Waals surface area (Å²) < 4.78 is 0. The van der Waals surface area contributed by atoms with Gasteiger partial charge in [0.05, 0.1) is 10.6 Å². The summed E-state index contributed by atoms with van der Waals surface area (Å²) in [4.78, 5) is 12.1. The molecule has 19 heavy (non-hydrogen) atoms. The molecule has 2 N–H and O–H groups in total. The second kappa shape index (κ2) is 5.70. The number of hydrogen-bond acceptors (Lipinski definition) is 2. The van der Waals surface area contributed by atoms with Gasteiger partial charge < -0.3 is 10.6 Å². The maximum atomic E-state index is 12.1. The zero-order valence-electron chi connectivity index (χ0n) is 10.8. The van der Waals surface area contributed by atoms with Gasteiger partial charge in [0, 0.05) is 25.0 Å². The van der Waals surface area contributed by atoms with E-state index in [4.69, 9.17) is 11.6 Å². The third kappa shape index (κ3) is 2.47. The third-order valence-corrected chi connectivity index (χ3v) is 4.17. The zero-order valence-corrected chi connectivity index (χ0v) is 12.4. The highest BCUT2D eigenvalue weighted by Gasteiger charge is 2.37. The Hall–Kier alpha value is -0.770. The molecule has 5 heteroatoms. The normalized spacial score (nSPS) is 24.2. The average molecular weight is 301 g/mol. The Morgan fingerprint density at radius 1 is 1.37 bits per heavy atom. The van der Waals surface area contributed by atoms with Crippen LogP contribution in [-0.4, -0.2) is 25.0 Å². The monoisotopic (exact) mass is 300 g/mol. The molecule has 1 amide bonds. The molecule has 2 heterocycles. The minimum atomic E-state index is -0.0250. The summed E-state index contributed by atoms with van der Waals surface area (Å²) in [6, 6.07) is 4.33. The first-order valence-electron chi connectivity index (χ1n) is 6.54. The van der Waals surface area contributed by atoms with Crippen molar-refractivity contribution >= 4 is 29.9 Å². The molecule has 0 radical (unpaired) electrons. The highest BCUT2D eigenvalue weighted by molar-refractivity contribution is 6.34. The van der Waals surface area contributed by atoms with E-state index in [9.17, 15) is 4.79 Å². The summed E-state index contributed by atoms with van der Waals surface area (Å²) in [5.41, 5.74) is 3.05. The second-order valence-corrected chi connectivity index (χ2v) is 5.54. The number of rotatable bonds is 2. The van der Waals surface area contributed by atoms with Crippen molar-refractivity contribution in [1.82, 2.24) is 10.6 Å². The van der Waals surface area contributed by atoms with E-state index in [-0.39, 0.29) is 24.4 Å². The van der Waals surface area contributed by atoms with Crippen LogP contribution < -0.4 is 10.6 Å². The van der Waals surface area contributed by atoms with Gasteiger partial charge in [-0.25, -0.2) is 0 Å². The molecule has 3 nitrogen and oxygen atoms in total. The fraction of sp³-hybridized carbons (Fsp3) is 0.500. The smallest absolute Gasteiger partial charge is 0.253 e. The number of halogens is 2. The lowest BCUT2D eigenvalue weighted by Gasteiger charge is -2.29. The van der Waals surface area contributed by atoms with Crippen LogP contribution in [0.3, 0.4) is 0 Å². The Labute approximate surface area is 124 Å². The summed E-state index contributed by atoms with van der Waals surface area (Å²) in [7, 11) is 0. The molecule has 0 bridgehead atoms. The summed E-state index contributed by atoms with van der Waals surface area (Å²) in [5, 5.41) is 6.98. The molecule has 1 saturated heterocycles. The van der Waals surface area contributed by atoms with Crippen molar-refractivity contribution < 1.29 is 4.79 Å². The van der Waals surface area contributed by atoms with Gasteiger partial charge in [0.1, 0.15) is 0 Å². The minimum Gasteiger partial charge on any atom is -0.347 e. The first-order valence-corrected chi connectivity index (χ1v) is 6.92. The van der Waals surface area contributed by atoms with Gasteiger partial charge in [-0.3, -0.25) is 4.79 Å². The highest BCUT2D eigenvalue weighted by atomic mass is 35.5. The second-order valence-electron chi connectivity index (χ2n) is 5.14. The van der Waals surface area contributed by atoms with E-state index in [1.807, 2.05) is 6.07 Å². The number of aryl methyl sites for hydroxylation is 1. The standard InChI is InChI=1S/C14H17ClN2O.ClH/c1-2-3-8-4-9-10-6-16-7-12(10)17-14(18)13(9)11(15)5-8;/h4-5,10,12,16H,2-3,6-7H2,1H3,(H,17,18);1H/t10-,12+;/m1./s1. The predicted molar refractivity (Wildman–Crippen MR) is 79.6 cm³/mol. The van der Waals surface area contributed by atoms with E-state index in [1.54, 1.807) is 0 Å². The van der Waals surface area contributed by atoms with Gasteiger partial charge in [-0.1, -0.05) is 31.0 Å². The van der Waals surface area contributed by atoms with Crippen molar-refractivity contribution in [3.8, 4) is 0 Å². The van der Waals surface area contributed by atoms with Gasteiger partial charge in [0.2, 0.25) is 0 Å². The molecule has 104 valence electrons. The van der Waals surface area contributed by atoms with Crippen LogP contribution in [0, 0.1) is 0 Å². The number of carbonyl (C=O) groups is 1. The first kappa shape index (κ1) is 14.6. The molecule has 1 aromatic rings. The number of carbonyl (C=O) groups excluding carboxylic acids is 1. The first-order chi connectivity index (χ1) is 8.70. The molecule has 0 unspecified atom stereocenters. The van der Waals surface area contributed by atoms with Crippen LogP contribution in [0.25, 0.3) is 0 Å². The van der Waals surface area contributed by atoms with Crippen LogP contribution in [0.2, 0.25) is 5.02 Å². The van der Waals surface area contributed by atoms with E-state index in [0.29, 0.717) is 16.5 Å². The molecule has 1 fully saturated rings. The topological polar surface area (TPSA) is 41.1 Å². The Bertz CT molecular complexity index is 504. The van der Waals surface area contributed by atoms with Crippen LogP contribution in [0.1, 0.15) is 40.7 Å². The average Bonchev–Trinajstić information content (AvgIpc) is 2.77. The minimum absolute atomic E-state index is 0. The summed E-state index contributed by atoms with van der Waals surface area (Å²) in [6.07, 6.45) is 2.10.